The van der Waals surface area contributed by atoms with Crippen LogP contribution in [0.4, 0.5) is 11.4 Å². The summed E-state index contributed by atoms with van der Waals surface area (Å²) in [5, 5.41) is 17.7. The maximum absolute atomic E-state index is 11.7. The maximum Gasteiger partial charge on any atom is 0.323 e. The van der Waals surface area contributed by atoms with Crippen LogP contribution in [0.3, 0.4) is 0 Å². The predicted molar refractivity (Wildman–Crippen MR) is 70.4 cm³/mol. The Morgan fingerprint density at radius 3 is 2.58 bits per heavy atom. The molecule has 2 N–H and O–H groups in total. The van der Waals surface area contributed by atoms with E-state index in [2.05, 4.69) is 15.9 Å². The second-order valence-electron chi connectivity index (χ2n) is 3.55. The molecule has 0 aliphatic heterocycles. The highest BCUT2D eigenvalue weighted by Crippen LogP contribution is 2.29. The van der Waals surface area contributed by atoms with Crippen LogP contribution in [-0.4, -0.2) is 29.7 Å². The van der Waals surface area contributed by atoms with Gasteiger partial charge in [-0.1, -0.05) is 15.9 Å². The molecule has 10 heteroatoms. The highest BCUT2D eigenvalue weighted by molar-refractivity contribution is 9.10. The van der Waals surface area contributed by atoms with Gasteiger partial charge in [-0.2, -0.15) is 0 Å². The molecule has 0 aliphatic carbocycles. The number of hydrogen-bond acceptors (Lipinski definition) is 5. The Morgan fingerprint density at radius 2 is 2.11 bits per heavy atom. The molecule has 1 unspecified atom stereocenters. The number of halogens is 1. The van der Waals surface area contributed by atoms with Gasteiger partial charge in [0.25, 0.3) is 5.69 Å². The van der Waals surface area contributed by atoms with Crippen LogP contribution in [0.5, 0.6) is 0 Å². The summed E-state index contributed by atoms with van der Waals surface area (Å²) in [6.45, 7) is 0.968. The van der Waals surface area contributed by atoms with Crippen molar-refractivity contribution in [3.05, 3.63) is 32.8 Å². The molecule has 1 rings (SSSR count). The molecule has 0 bridgehead atoms. The van der Waals surface area contributed by atoms with E-state index in [-0.39, 0.29) is 5.69 Å². The summed E-state index contributed by atoms with van der Waals surface area (Å²) < 4.78 is 25.7. The third-order valence-electron chi connectivity index (χ3n) is 2.22. The van der Waals surface area contributed by atoms with E-state index in [1.54, 1.807) is 0 Å². The van der Waals surface area contributed by atoms with Crippen LogP contribution in [0.1, 0.15) is 6.92 Å². The number of nitro groups is 1. The lowest BCUT2D eigenvalue weighted by Crippen LogP contribution is -2.32. The molecule has 0 saturated carbocycles. The summed E-state index contributed by atoms with van der Waals surface area (Å²) in [6, 6.07) is 3.69. The van der Waals surface area contributed by atoms with Crippen LogP contribution in [0.15, 0.2) is 22.7 Å². The Kier molecular flexibility index (Phi) is 4.48. The number of carbonyl (C=O) groups is 1. The lowest BCUT2D eigenvalue weighted by Gasteiger charge is -2.11. The molecule has 8 nitrogen and oxygen atoms in total. The van der Waals surface area contributed by atoms with Gasteiger partial charge in [0.15, 0.2) is 5.25 Å². The zero-order chi connectivity index (χ0) is 14.8. The van der Waals surface area contributed by atoms with E-state index in [1.165, 1.54) is 12.1 Å². The van der Waals surface area contributed by atoms with Crippen LogP contribution in [0.25, 0.3) is 0 Å². The molecule has 0 aromatic heterocycles. The van der Waals surface area contributed by atoms with E-state index in [9.17, 15) is 23.3 Å². The molecular formula is C9H9BrN2O6S. The summed E-state index contributed by atoms with van der Waals surface area (Å²) in [6.07, 6.45) is 0. The Bertz CT molecular complexity index is 630. The third kappa shape index (κ3) is 3.64. The average molecular weight is 353 g/mol. The van der Waals surface area contributed by atoms with Gasteiger partial charge in [-0.25, -0.2) is 8.42 Å². The number of nitro benzene ring substituents is 1. The van der Waals surface area contributed by atoms with Crippen molar-refractivity contribution in [3.8, 4) is 0 Å². The molecule has 0 amide bonds. The Balaban J connectivity index is 3.20. The standard InChI is InChI=1S/C9H9BrN2O6S/c1-5(9(13)14)19(17,18)11-7-3-2-6(10)4-8(7)12(15)16/h2-5,11H,1H3,(H,13,14). The number of hydrogen-bond donors (Lipinski definition) is 2. The molecule has 19 heavy (non-hydrogen) atoms. The van der Waals surface area contributed by atoms with Crippen molar-refractivity contribution in [2.24, 2.45) is 0 Å². The highest BCUT2D eigenvalue weighted by Gasteiger charge is 2.29. The Hall–Kier alpha value is -1.68. The molecule has 0 aliphatic rings. The van der Waals surface area contributed by atoms with Crippen LogP contribution >= 0.6 is 15.9 Å². The van der Waals surface area contributed by atoms with Gasteiger partial charge in [0.05, 0.1) is 4.92 Å². The van der Waals surface area contributed by atoms with Gasteiger partial charge in [0.2, 0.25) is 10.0 Å². The zero-order valence-corrected chi connectivity index (χ0v) is 11.9. The average Bonchev–Trinajstić information content (AvgIpc) is 2.29. The van der Waals surface area contributed by atoms with Crippen molar-refractivity contribution >= 4 is 43.3 Å². The number of sulfonamides is 1. The summed E-state index contributed by atoms with van der Waals surface area (Å²) in [5.41, 5.74) is -0.767. The van der Waals surface area contributed by atoms with Gasteiger partial charge < -0.3 is 5.11 Å². The zero-order valence-electron chi connectivity index (χ0n) is 9.53. The quantitative estimate of drug-likeness (QED) is 0.611. The summed E-state index contributed by atoms with van der Waals surface area (Å²) in [7, 11) is -4.25. The van der Waals surface area contributed by atoms with E-state index in [4.69, 9.17) is 5.11 Å². The van der Waals surface area contributed by atoms with E-state index in [1.807, 2.05) is 4.72 Å². The number of nitrogens with zero attached hydrogens (tertiary/aromatic N) is 1. The summed E-state index contributed by atoms with van der Waals surface area (Å²) in [5.74, 6) is -1.55. The van der Waals surface area contributed by atoms with Crippen LogP contribution in [-0.2, 0) is 14.8 Å². The van der Waals surface area contributed by atoms with E-state index < -0.39 is 31.9 Å². The molecule has 1 aromatic carbocycles. The molecule has 104 valence electrons. The maximum atomic E-state index is 11.7. The largest absolute Gasteiger partial charge is 0.480 e. The predicted octanol–water partition coefficient (Wildman–Crippen LogP) is 1.57. The lowest BCUT2D eigenvalue weighted by atomic mass is 10.3. The minimum atomic E-state index is -4.25. The molecule has 1 aromatic rings. The highest BCUT2D eigenvalue weighted by atomic mass is 79.9. The fraction of sp³-hybridized carbons (Fsp3) is 0.222. The van der Waals surface area contributed by atoms with Gasteiger partial charge in [-0.05, 0) is 19.1 Å². The fourth-order valence-electron chi connectivity index (χ4n) is 1.12. The second-order valence-corrected chi connectivity index (χ2v) is 6.46. The van der Waals surface area contributed by atoms with Gasteiger partial charge in [0, 0.05) is 10.5 Å². The van der Waals surface area contributed by atoms with Gasteiger partial charge >= 0.3 is 5.97 Å². The van der Waals surface area contributed by atoms with E-state index in [0.29, 0.717) is 4.47 Å². The number of carboxylic acids is 1. The lowest BCUT2D eigenvalue weighted by molar-refractivity contribution is -0.384. The molecular weight excluding hydrogens is 344 g/mol. The number of anilines is 1. The first-order valence-electron chi connectivity index (χ1n) is 4.83. The van der Waals surface area contributed by atoms with Crippen molar-refractivity contribution in [1.29, 1.82) is 0 Å². The van der Waals surface area contributed by atoms with Crippen molar-refractivity contribution in [1.82, 2.24) is 0 Å². The van der Waals surface area contributed by atoms with Gasteiger partial charge in [-0.3, -0.25) is 19.6 Å². The fourth-order valence-corrected chi connectivity index (χ4v) is 2.39. The first-order valence-corrected chi connectivity index (χ1v) is 7.17. The van der Waals surface area contributed by atoms with Crippen molar-refractivity contribution in [3.63, 3.8) is 0 Å². The first kappa shape index (κ1) is 15.4. The molecule has 0 spiro atoms. The number of aliphatic carboxylic acids is 1. The van der Waals surface area contributed by atoms with E-state index >= 15 is 0 Å². The topological polar surface area (TPSA) is 127 Å². The van der Waals surface area contributed by atoms with E-state index in [0.717, 1.165) is 13.0 Å². The van der Waals surface area contributed by atoms with Crippen LogP contribution < -0.4 is 4.72 Å². The smallest absolute Gasteiger partial charge is 0.323 e. The van der Waals surface area contributed by atoms with Gasteiger partial charge in [-0.15, -0.1) is 0 Å². The summed E-state index contributed by atoms with van der Waals surface area (Å²) in [4.78, 5) is 20.7. The number of carboxylic acid groups (broad SMARTS) is 1. The minimum absolute atomic E-state index is 0.290. The van der Waals surface area contributed by atoms with Crippen molar-refractivity contribution < 1.29 is 23.2 Å². The third-order valence-corrected chi connectivity index (χ3v) is 4.35. The summed E-state index contributed by atoms with van der Waals surface area (Å²) >= 11 is 3.02. The molecule has 0 saturated heterocycles. The second kappa shape index (κ2) is 5.53. The Morgan fingerprint density at radius 1 is 1.53 bits per heavy atom. The Labute approximate surface area is 116 Å². The monoisotopic (exact) mass is 352 g/mol. The van der Waals surface area contributed by atoms with Crippen LogP contribution in [0.2, 0.25) is 0 Å². The molecule has 1 atom stereocenters. The van der Waals surface area contributed by atoms with Gasteiger partial charge in [0.1, 0.15) is 5.69 Å². The van der Waals surface area contributed by atoms with Crippen molar-refractivity contribution in [2.75, 3.05) is 4.72 Å². The number of benzene rings is 1. The van der Waals surface area contributed by atoms with Crippen molar-refractivity contribution in [2.45, 2.75) is 12.2 Å². The number of nitrogens with one attached hydrogen (secondary N) is 1. The molecule has 0 heterocycles. The molecule has 0 fully saturated rings. The number of rotatable bonds is 5. The minimum Gasteiger partial charge on any atom is -0.480 e. The normalized spacial score (nSPS) is 12.7. The molecule has 0 radical (unpaired) electrons. The SMILES string of the molecule is CC(C(=O)O)S(=O)(=O)Nc1ccc(Br)cc1[N+](=O)[O-]. The van der Waals surface area contributed by atoms with Crippen LogP contribution in [0, 0.1) is 10.1 Å². The first-order chi connectivity index (χ1) is 8.65.